The molecule has 0 spiro atoms. The minimum absolute atomic E-state index is 0.0501. The van der Waals surface area contributed by atoms with Crippen LogP contribution < -0.4 is 10.6 Å². The van der Waals surface area contributed by atoms with Gasteiger partial charge in [0.25, 0.3) is 0 Å². The third-order valence-electron chi connectivity index (χ3n) is 4.74. The molecule has 0 aromatic carbocycles. The molecule has 6 heteroatoms. The number of carbonyl (C=O) groups is 1. The normalized spacial score (nSPS) is 23.9. The first-order valence-corrected chi connectivity index (χ1v) is 9.08. The molecule has 0 radical (unpaired) electrons. The van der Waals surface area contributed by atoms with Crippen LogP contribution in [0.25, 0.3) is 0 Å². The summed E-state index contributed by atoms with van der Waals surface area (Å²) in [4.78, 5) is 14.4. The average molecular weight is 327 g/mol. The van der Waals surface area contributed by atoms with Crippen LogP contribution in [0.3, 0.4) is 0 Å². The maximum Gasteiger partial charge on any atom is 0.314 e. The molecule has 2 aliphatic heterocycles. The quantitative estimate of drug-likeness (QED) is 0.663. The summed E-state index contributed by atoms with van der Waals surface area (Å²) in [5.41, 5.74) is 0. The van der Waals surface area contributed by atoms with Crippen LogP contribution in [0.15, 0.2) is 0 Å². The Bertz CT molecular complexity index is 340. The van der Waals surface area contributed by atoms with Crippen molar-refractivity contribution in [3.05, 3.63) is 0 Å². The van der Waals surface area contributed by atoms with Crippen molar-refractivity contribution in [3.63, 3.8) is 0 Å². The number of nitrogens with one attached hydrogen (secondary N) is 2. The molecular weight excluding hydrogens is 294 g/mol. The number of ether oxygens (including phenoxy) is 2. The van der Waals surface area contributed by atoms with Crippen molar-refractivity contribution in [2.75, 3.05) is 52.6 Å². The van der Waals surface area contributed by atoms with Crippen LogP contribution in [0.4, 0.5) is 4.79 Å². The first kappa shape index (κ1) is 18.5. The number of morpholine rings is 1. The first-order chi connectivity index (χ1) is 11.2. The third kappa shape index (κ3) is 6.65. The van der Waals surface area contributed by atoms with Crippen LogP contribution in [0.1, 0.15) is 33.1 Å². The number of carbonyl (C=O) groups excluding carboxylic acids is 1. The topological polar surface area (TPSA) is 62.8 Å². The number of hydrogen-bond acceptors (Lipinski definition) is 4. The molecule has 2 saturated heterocycles. The second kappa shape index (κ2) is 10.1. The Morgan fingerprint density at radius 1 is 1.17 bits per heavy atom. The lowest BCUT2D eigenvalue weighted by atomic mass is 9.97. The van der Waals surface area contributed by atoms with Crippen LogP contribution in [0.5, 0.6) is 0 Å². The summed E-state index contributed by atoms with van der Waals surface area (Å²) < 4.78 is 11.0. The SMILES string of the molecule is CC(C)CCCNC(=O)NCC(C1CCOC1)N1CCOCC1. The van der Waals surface area contributed by atoms with Crippen LogP contribution in [-0.2, 0) is 9.47 Å². The predicted octanol–water partition coefficient (Wildman–Crippen LogP) is 1.46. The molecule has 134 valence electrons. The predicted molar refractivity (Wildman–Crippen MR) is 90.6 cm³/mol. The Morgan fingerprint density at radius 2 is 1.96 bits per heavy atom. The van der Waals surface area contributed by atoms with Crippen molar-refractivity contribution >= 4 is 6.03 Å². The second-order valence-corrected chi connectivity index (χ2v) is 7.01. The van der Waals surface area contributed by atoms with E-state index in [9.17, 15) is 4.79 Å². The molecule has 0 saturated carbocycles. The van der Waals surface area contributed by atoms with Crippen molar-refractivity contribution in [1.82, 2.24) is 15.5 Å². The van der Waals surface area contributed by atoms with E-state index in [1.807, 2.05) is 0 Å². The minimum atomic E-state index is -0.0501. The molecule has 23 heavy (non-hydrogen) atoms. The number of rotatable bonds is 8. The molecule has 0 aromatic heterocycles. The van der Waals surface area contributed by atoms with Gasteiger partial charge in [-0.3, -0.25) is 4.90 Å². The third-order valence-corrected chi connectivity index (χ3v) is 4.74. The van der Waals surface area contributed by atoms with E-state index >= 15 is 0 Å². The van der Waals surface area contributed by atoms with Crippen molar-refractivity contribution in [2.24, 2.45) is 11.8 Å². The van der Waals surface area contributed by atoms with E-state index < -0.39 is 0 Å². The van der Waals surface area contributed by atoms with Gasteiger partial charge < -0.3 is 20.1 Å². The molecule has 2 amide bonds. The fraction of sp³-hybridized carbons (Fsp3) is 0.941. The zero-order valence-electron chi connectivity index (χ0n) is 14.7. The van der Waals surface area contributed by atoms with Gasteiger partial charge in [0.1, 0.15) is 0 Å². The van der Waals surface area contributed by atoms with Crippen LogP contribution in [0.2, 0.25) is 0 Å². The Hall–Kier alpha value is -0.850. The number of urea groups is 1. The molecule has 2 unspecified atom stereocenters. The van der Waals surface area contributed by atoms with Crippen LogP contribution >= 0.6 is 0 Å². The highest BCUT2D eigenvalue weighted by Gasteiger charge is 2.31. The van der Waals surface area contributed by atoms with Gasteiger partial charge in [-0.2, -0.15) is 0 Å². The zero-order chi connectivity index (χ0) is 16.5. The van der Waals surface area contributed by atoms with Gasteiger partial charge in [-0.1, -0.05) is 13.8 Å². The smallest absolute Gasteiger partial charge is 0.314 e. The van der Waals surface area contributed by atoms with Gasteiger partial charge in [-0.15, -0.1) is 0 Å². The van der Waals surface area contributed by atoms with E-state index in [1.165, 1.54) is 0 Å². The zero-order valence-corrected chi connectivity index (χ0v) is 14.7. The van der Waals surface area contributed by atoms with Gasteiger partial charge in [-0.05, 0) is 25.2 Å². The summed E-state index contributed by atoms with van der Waals surface area (Å²) in [5, 5.41) is 6.02. The number of nitrogens with zero attached hydrogens (tertiary/aromatic N) is 1. The second-order valence-electron chi connectivity index (χ2n) is 7.01. The molecule has 2 aliphatic rings. The fourth-order valence-corrected chi connectivity index (χ4v) is 3.33. The van der Waals surface area contributed by atoms with Gasteiger partial charge >= 0.3 is 6.03 Å². The highest BCUT2D eigenvalue weighted by molar-refractivity contribution is 5.73. The monoisotopic (exact) mass is 327 g/mol. The molecule has 2 fully saturated rings. The van der Waals surface area contributed by atoms with Gasteiger partial charge in [0, 0.05) is 44.7 Å². The summed E-state index contributed by atoms with van der Waals surface area (Å²) in [5.74, 6) is 1.20. The Labute approximate surface area is 140 Å². The molecule has 2 heterocycles. The van der Waals surface area contributed by atoms with Gasteiger partial charge in [0.2, 0.25) is 0 Å². The average Bonchev–Trinajstić information content (AvgIpc) is 3.07. The van der Waals surface area contributed by atoms with Crippen molar-refractivity contribution < 1.29 is 14.3 Å². The summed E-state index contributed by atoms with van der Waals surface area (Å²) in [7, 11) is 0. The van der Waals surface area contributed by atoms with Crippen molar-refractivity contribution in [3.8, 4) is 0 Å². The Balaban J connectivity index is 1.72. The standard InChI is InChI=1S/C17H33N3O3/c1-14(2)4-3-6-18-17(21)19-12-16(15-5-9-23-13-15)20-7-10-22-11-8-20/h14-16H,3-13H2,1-2H3,(H2,18,19,21). The molecule has 6 nitrogen and oxygen atoms in total. The van der Waals surface area contributed by atoms with Crippen LogP contribution in [-0.4, -0.2) is 69.6 Å². The molecule has 2 N–H and O–H groups in total. The fourth-order valence-electron chi connectivity index (χ4n) is 3.33. The van der Waals surface area contributed by atoms with E-state index in [0.29, 0.717) is 24.4 Å². The number of amides is 2. The summed E-state index contributed by atoms with van der Waals surface area (Å²) in [6, 6.07) is 0.300. The highest BCUT2D eigenvalue weighted by Crippen LogP contribution is 2.21. The molecule has 0 aromatic rings. The van der Waals surface area contributed by atoms with Crippen molar-refractivity contribution in [1.29, 1.82) is 0 Å². The van der Waals surface area contributed by atoms with Crippen molar-refractivity contribution in [2.45, 2.75) is 39.2 Å². The van der Waals surface area contributed by atoms with E-state index in [4.69, 9.17) is 9.47 Å². The van der Waals surface area contributed by atoms with Gasteiger partial charge in [0.15, 0.2) is 0 Å². The van der Waals surface area contributed by atoms with E-state index in [-0.39, 0.29) is 6.03 Å². The summed E-state index contributed by atoms with van der Waals surface area (Å²) in [6.07, 6.45) is 3.27. The number of hydrogen-bond donors (Lipinski definition) is 2. The molecule has 0 bridgehead atoms. The minimum Gasteiger partial charge on any atom is -0.381 e. The maximum atomic E-state index is 12.0. The van der Waals surface area contributed by atoms with E-state index in [0.717, 1.165) is 65.3 Å². The first-order valence-electron chi connectivity index (χ1n) is 9.08. The van der Waals surface area contributed by atoms with E-state index in [1.54, 1.807) is 0 Å². The summed E-state index contributed by atoms with van der Waals surface area (Å²) in [6.45, 7) is 10.9. The lowest BCUT2D eigenvalue weighted by molar-refractivity contribution is 0.00213. The summed E-state index contributed by atoms with van der Waals surface area (Å²) >= 11 is 0. The Kier molecular flexibility index (Phi) is 8.12. The maximum absolute atomic E-state index is 12.0. The van der Waals surface area contributed by atoms with Gasteiger partial charge in [-0.25, -0.2) is 4.79 Å². The lowest BCUT2D eigenvalue weighted by Gasteiger charge is -2.37. The molecule has 0 aliphatic carbocycles. The highest BCUT2D eigenvalue weighted by atomic mass is 16.5. The van der Waals surface area contributed by atoms with Crippen LogP contribution in [0, 0.1) is 11.8 Å². The largest absolute Gasteiger partial charge is 0.381 e. The molecule has 2 rings (SSSR count). The Morgan fingerprint density at radius 3 is 2.61 bits per heavy atom. The molecular formula is C17H33N3O3. The molecule has 2 atom stereocenters. The van der Waals surface area contributed by atoms with E-state index in [2.05, 4.69) is 29.4 Å². The lowest BCUT2D eigenvalue weighted by Crippen LogP contribution is -2.53. The van der Waals surface area contributed by atoms with Gasteiger partial charge in [0.05, 0.1) is 19.8 Å².